The third-order valence-corrected chi connectivity index (χ3v) is 5.76. The Balaban J connectivity index is 1.68. The van der Waals surface area contributed by atoms with E-state index in [1.165, 1.54) is 12.0 Å². The van der Waals surface area contributed by atoms with E-state index in [1.807, 2.05) is 4.90 Å². The van der Waals surface area contributed by atoms with Crippen molar-refractivity contribution in [1.29, 1.82) is 0 Å². The van der Waals surface area contributed by atoms with Crippen molar-refractivity contribution in [3.63, 3.8) is 0 Å². The normalized spacial score (nSPS) is 21.7. The summed E-state index contributed by atoms with van der Waals surface area (Å²) in [6.07, 6.45) is -4.72. The molecule has 1 aromatic rings. The molecular formula is C19H26F3N5O5. The van der Waals surface area contributed by atoms with Crippen LogP contribution in [0.25, 0.3) is 0 Å². The van der Waals surface area contributed by atoms with Crippen molar-refractivity contribution in [3.8, 4) is 0 Å². The number of hydrogen-bond acceptors (Lipinski definition) is 8. The highest BCUT2D eigenvalue weighted by Crippen LogP contribution is 2.30. The lowest BCUT2D eigenvalue weighted by molar-refractivity contribution is -0.148. The van der Waals surface area contributed by atoms with Crippen molar-refractivity contribution in [1.82, 2.24) is 24.6 Å². The Morgan fingerprint density at radius 2 is 1.91 bits per heavy atom. The molecule has 1 fully saturated rings. The van der Waals surface area contributed by atoms with Crippen LogP contribution in [0.15, 0.2) is 0 Å². The van der Waals surface area contributed by atoms with Gasteiger partial charge in [-0.15, -0.1) is 10.2 Å². The number of carbonyl (C=O) groups is 3. The van der Waals surface area contributed by atoms with Crippen molar-refractivity contribution in [2.75, 3.05) is 33.4 Å². The van der Waals surface area contributed by atoms with Gasteiger partial charge >= 0.3 is 18.2 Å². The van der Waals surface area contributed by atoms with Crippen LogP contribution in [-0.2, 0) is 38.3 Å². The third-order valence-electron chi connectivity index (χ3n) is 5.76. The van der Waals surface area contributed by atoms with Gasteiger partial charge in [0.15, 0.2) is 0 Å². The number of amides is 1. The summed E-state index contributed by atoms with van der Waals surface area (Å²) >= 11 is 0. The Morgan fingerprint density at radius 1 is 1.16 bits per heavy atom. The maximum Gasteiger partial charge on any atom is 0.451 e. The zero-order chi connectivity index (χ0) is 23.5. The molecule has 0 bridgehead atoms. The largest absolute Gasteiger partial charge is 0.466 e. The van der Waals surface area contributed by atoms with Crippen LogP contribution in [0.1, 0.15) is 37.8 Å². The van der Waals surface area contributed by atoms with Crippen LogP contribution in [0.2, 0.25) is 0 Å². The monoisotopic (exact) mass is 461 g/mol. The first-order valence-electron chi connectivity index (χ1n) is 10.4. The van der Waals surface area contributed by atoms with Crippen molar-refractivity contribution in [2.45, 2.75) is 51.5 Å². The number of methoxy groups -OCH3 is 1. The van der Waals surface area contributed by atoms with Crippen LogP contribution in [0.3, 0.4) is 0 Å². The number of ether oxygens (including phenoxy) is 2. The lowest BCUT2D eigenvalue weighted by Gasteiger charge is -2.41. The number of alkyl halides is 3. The Hall–Kier alpha value is -2.70. The number of halogens is 3. The summed E-state index contributed by atoms with van der Waals surface area (Å²) in [5.41, 5.74) is 0. The molecule has 0 N–H and O–H groups in total. The molecule has 2 unspecified atom stereocenters. The molecule has 2 atom stereocenters. The predicted octanol–water partition coefficient (Wildman–Crippen LogP) is 1.48. The molecule has 2 aliphatic rings. The van der Waals surface area contributed by atoms with Crippen molar-refractivity contribution in [3.05, 3.63) is 11.6 Å². The quantitative estimate of drug-likeness (QED) is 0.463. The van der Waals surface area contributed by atoms with E-state index in [0.717, 1.165) is 4.57 Å². The molecule has 0 aliphatic carbocycles. The molecule has 178 valence electrons. The number of rotatable bonds is 6. The molecule has 0 saturated carbocycles. The number of likely N-dealkylation sites (tertiary alicyclic amines) is 1. The summed E-state index contributed by atoms with van der Waals surface area (Å²) in [7, 11) is 1.26. The SMILES string of the molecule is CCOC(=O)CC(=O)C1CCN(C(=O)OC)C(CN2CCn3c(nnc3C(F)(F)F)C2)C1. The zero-order valence-corrected chi connectivity index (χ0v) is 17.9. The number of hydrogen-bond donors (Lipinski definition) is 0. The van der Waals surface area contributed by atoms with Gasteiger partial charge < -0.3 is 18.9 Å². The Morgan fingerprint density at radius 3 is 2.56 bits per heavy atom. The highest BCUT2D eigenvalue weighted by atomic mass is 19.4. The number of fused-ring (bicyclic) bond motifs is 1. The van der Waals surface area contributed by atoms with E-state index in [0.29, 0.717) is 25.9 Å². The lowest BCUT2D eigenvalue weighted by atomic mass is 9.86. The Kier molecular flexibility index (Phi) is 7.36. The first kappa shape index (κ1) is 24.0. The fraction of sp³-hybridized carbons (Fsp3) is 0.737. The number of carbonyl (C=O) groups excluding carboxylic acids is 3. The molecule has 10 nitrogen and oxygen atoms in total. The second kappa shape index (κ2) is 9.84. The number of ketones is 1. The van der Waals surface area contributed by atoms with Gasteiger partial charge in [0.2, 0.25) is 5.82 Å². The molecule has 0 radical (unpaired) electrons. The van der Waals surface area contributed by atoms with E-state index >= 15 is 0 Å². The molecule has 1 amide bonds. The van der Waals surface area contributed by atoms with Crippen LogP contribution in [0.4, 0.5) is 18.0 Å². The fourth-order valence-corrected chi connectivity index (χ4v) is 4.24. The molecule has 13 heteroatoms. The predicted molar refractivity (Wildman–Crippen MR) is 102 cm³/mol. The first-order valence-corrected chi connectivity index (χ1v) is 10.4. The lowest BCUT2D eigenvalue weighted by Crippen LogP contribution is -2.53. The van der Waals surface area contributed by atoms with E-state index in [9.17, 15) is 27.6 Å². The van der Waals surface area contributed by atoms with Crippen molar-refractivity contribution >= 4 is 17.8 Å². The molecule has 2 aliphatic heterocycles. The van der Waals surface area contributed by atoms with Gasteiger partial charge in [-0.05, 0) is 19.8 Å². The third kappa shape index (κ3) is 5.37. The van der Waals surface area contributed by atoms with Gasteiger partial charge in [0.05, 0.1) is 20.3 Å². The fourth-order valence-electron chi connectivity index (χ4n) is 4.24. The van der Waals surface area contributed by atoms with E-state index in [-0.39, 0.29) is 44.3 Å². The standard InChI is InChI=1S/C19H26F3N5O5/c1-3-32-16(29)9-14(28)12-4-5-26(18(30)31-2)13(8-12)10-25-6-7-27-15(11-25)23-24-17(27)19(20,21)22/h12-13H,3-11H2,1-2H3. The number of esters is 1. The summed E-state index contributed by atoms with van der Waals surface area (Å²) in [6, 6.07) is -0.399. The maximum atomic E-state index is 13.1. The van der Waals surface area contributed by atoms with Gasteiger partial charge in [-0.2, -0.15) is 13.2 Å². The van der Waals surface area contributed by atoms with E-state index in [2.05, 4.69) is 10.2 Å². The second-order valence-corrected chi connectivity index (χ2v) is 7.81. The number of nitrogens with zero attached hydrogens (tertiary/aromatic N) is 5. The van der Waals surface area contributed by atoms with Crippen molar-refractivity contribution < 1.29 is 37.0 Å². The molecule has 32 heavy (non-hydrogen) atoms. The average Bonchev–Trinajstić information content (AvgIpc) is 3.17. The summed E-state index contributed by atoms with van der Waals surface area (Å²) in [6.45, 7) is 2.95. The number of aromatic nitrogens is 3. The molecule has 1 saturated heterocycles. The first-order chi connectivity index (χ1) is 15.1. The highest BCUT2D eigenvalue weighted by molar-refractivity contribution is 5.96. The van der Waals surface area contributed by atoms with Gasteiger partial charge in [-0.25, -0.2) is 4.79 Å². The summed E-state index contributed by atoms with van der Waals surface area (Å²) in [4.78, 5) is 39.9. The molecule has 0 spiro atoms. The van der Waals surface area contributed by atoms with E-state index in [1.54, 1.807) is 6.92 Å². The van der Waals surface area contributed by atoms with Gasteiger partial charge in [0, 0.05) is 38.1 Å². The second-order valence-electron chi connectivity index (χ2n) is 7.81. The van der Waals surface area contributed by atoms with Gasteiger partial charge in [-0.1, -0.05) is 0 Å². The van der Waals surface area contributed by atoms with Crippen LogP contribution in [-0.4, -0.2) is 81.8 Å². The Bertz CT molecular complexity index is 859. The molecule has 3 heterocycles. The minimum Gasteiger partial charge on any atom is -0.466 e. The minimum absolute atomic E-state index is 0.0628. The summed E-state index contributed by atoms with van der Waals surface area (Å²) in [5.74, 6) is -2.08. The highest BCUT2D eigenvalue weighted by Gasteiger charge is 2.41. The topological polar surface area (TPSA) is 107 Å². The Labute approximate surface area is 182 Å². The number of piperidine rings is 1. The smallest absolute Gasteiger partial charge is 0.451 e. The average molecular weight is 461 g/mol. The molecule has 3 rings (SSSR count). The molecule has 0 aromatic carbocycles. The van der Waals surface area contributed by atoms with Crippen LogP contribution < -0.4 is 0 Å². The van der Waals surface area contributed by atoms with Crippen molar-refractivity contribution in [2.24, 2.45) is 5.92 Å². The van der Waals surface area contributed by atoms with Crippen LogP contribution in [0, 0.1) is 5.92 Å². The zero-order valence-electron chi connectivity index (χ0n) is 17.9. The van der Waals surface area contributed by atoms with Gasteiger partial charge in [0.1, 0.15) is 18.0 Å². The van der Waals surface area contributed by atoms with E-state index < -0.39 is 36.0 Å². The van der Waals surface area contributed by atoms with Gasteiger partial charge in [0.25, 0.3) is 0 Å². The minimum atomic E-state index is -4.58. The summed E-state index contributed by atoms with van der Waals surface area (Å²) in [5, 5.41) is 6.94. The molecule has 1 aromatic heterocycles. The van der Waals surface area contributed by atoms with Gasteiger partial charge in [-0.3, -0.25) is 14.5 Å². The maximum absolute atomic E-state index is 13.1. The van der Waals surface area contributed by atoms with E-state index in [4.69, 9.17) is 9.47 Å². The molecular weight excluding hydrogens is 435 g/mol. The van der Waals surface area contributed by atoms with Crippen LogP contribution >= 0.6 is 0 Å². The van der Waals surface area contributed by atoms with Crippen LogP contribution in [0.5, 0.6) is 0 Å². The summed E-state index contributed by atoms with van der Waals surface area (Å²) < 4.78 is 49.9. The number of Topliss-reactive ketones (excluding diaryl/α,β-unsaturated/α-hetero) is 1.